The molecule has 10 nitrogen and oxygen atoms in total. The number of benzene rings is 10. The zero-order valence-electron chi connectivity index (χ0n) is 60.8. The maximum Gasteiger partial charge on any atom is 0.206 e. The van der Waals surface area contributed by atoms with Crippen molar-refractivity contribution in [3.63, 3.8) is 0 Å². The first-order valence-electron chi connectivity index (χ1n) is 31.9. The van der Waals surface area contributed by atoms with Gasteiger partial charge in [0.1, 0.15) is 34.5 Å². The number of hydrogen-bond donors (Lipinski definition) is 0. The van der Waals surface area contributed by atoms with Crippen molar-refractivity contribution in [1.29, 1.82) is 0 Å². The fraction of sp³-hybridized carbons (Fsp3) is 0.294. The molecule has 0 fully saturated rings. The van der Waals surface area contributed by atoms with Crippen molar-refractivity contribution in [3.8, 4) is 56.8 Å². The molecule has 0 N–H and O–H groups in total. The van der Waals surface area contributed by atoms with Gasteiger partial charge in [-0.1, -0.05) is 227 Å². The zero-order valence-corrected chi connectivity index (χ0v) is 61.6. The molecule has 10 rings (SSSR count). The van der Waals surface area contributed by atoms with Gasteiger partial charge in [0.2, 0.25) is 9.84 Å². The Hall–Kier alpha value is -9.13. The lowest BCUT2D eigenvalue weighted by atomic mass is 9.78. The lowest BCUT2D eigenvalue weighted by Crippen LogP contribution is -2.18. The van der Waals surface area contributed by atoms with Gasteiger partial charge in [0.05, 0.1) is 52.4 Å². The first-order valence-corrected chi connectivity index (χ1v) is 33.4. The molecule has 11 heteroatoms. The van der Waals surface area contributed by atoms with Crippen molar-refractivity contribution in [2.24, 2.45) is 0 Å². The van der Waals surface area contributed by atoms with Crippen LogP contribution < -0.4 is 28.4 Å². The minimum absolute atomic E-state index is 0.0431. The Morgan fingerprint density at radius 3 is 0.792 bits per heavy atom. The lowest BCUT2D eigenvalue weighted by molar-refractivity contribution is 0.277. The highest BCUT2D eigenvalue weighted by atomic mass is 32.2. The van der Waals surface area contributed by atoms with Gasteiger partial charge in [-0.25, -0.2) is 8.42 Å². The van der Waals surface area contributed by atoms with E-state index in [1.807, 2.05) is 109 Å². The summed E-state index contributed by atoms with van der Waals surface area (Å²) in [5, 5.41) is 0. The molecule has 0 saturated heterocycles. The molecule has 0 spiro atoms. The van der Waals surface area contributed by atoms with Crippen molar-refractivity contribution in [1.82, 2.24) is 0 Å². The molecule has 0 radical (unpaired) electrons. The Kier molecular flexibility index (Phi) is 35.2. The summed E-state index contributed by atoms with van der Waals surface area (Å²) in [6.07, 6.45) is 0. The van der Waals surface area contributed by atoms with Gasteiger partial charge < -0.3 is 37.9 Å². The van der Waals surface area contributed by atoms with Crippen molar-refractivity contribution in [2.45, 2.75) is 108 Å². The van der Waals surface area contributed by atoms with Crippen LogP contribution in [0, 0.1) is 6.92 Å². The monoisotopic (exact) mass is 1320 g/mol. The van der Waals surface area contributed by atoms with Crippen molar-refractivity contribution >= 4 is 9.84 Å². The fourth-order valence-corrected chi connectivity index (χ4v) is 10.6. The van der Waals surface area contributed by atoms with E-state index in [0.717, 1.165) is 23.0 Å². The van der Waals surface area contributed by atoms with E-state index in [0.29, 0.717) is 17.4 Å². The third-order valence-electron chi connectivity index (χ3n) is 15.2. The standard InChI is InChI=1S/C17H20O2.C16H18.C14H14O4S.C14H14O2.C14H22.C6H6.2C2H6O/c1-17(2,13-5-9-15(18-3)10-6-13)14-7-11-16(19-4)12-8-14;1-12(2)14-9-6-7-11-16(14)15-10-5-4-8-13(15)3;1-17-11-3-7-13(8-4-11)19(15,16)14-9-5-12(18-2)6-10-14;1-15-13-7-3-11(4-8-13)12-5-9-14(16-2)10-6-12;1-13(2,3)11-7-9-12(10-8-11)14(4,5)6;1-2-4-6-5-3-1;2*1-3-2/h5-12H,1-4H3;4-12H,1-3H3;3-10H,1-2H3;3-10H,1-2H3;7-10H,1-6H3;1-6H;2*1-2H3. The smallest absolute Gasteiger partial charge is 0.206 e. The summed E-state index contributed by atoms with van der Waals surface area (Å²) in [5.41, 5.74) is 13.7. The van der Waals surface area contributed by atoms with Gasteiger partial charge in [-0.05, 0) is 176 Å². The average Bonchev–Trinajstić information content (AvgIpc) is 0.839. The van der Waals surface area contributed by atoms with E-state index >= 15 is 0 Å². The maximum atomic E-state index is 12.4. The largest absolute Gasteiger partial charge is 0.497 e. The third kappa shape index (κ3) is 26.9. The van der Waals surface area contributed by atoms with Crippen LogP contribution in [-0.4, -0.2) is 79.5 Å². The molecule has 0 saturated carbocycles. The summed E-state index contributed by atoms with van der Waals surface area (Å²) >= 11 is 0. The Morgan fingerprint density at radius 2 is 0.531 bits per heavy atom. The van der Waals surface area contributed by atoms with Crippen LogP contribution in [0.5, 0.6) is 34.5 Å². The van der Waals surface area contributed by atoms with Crippen LogP contribution in [0.4, 0.5) is 0 Å². The van der Waals surface area contributed by atoms with E-state index in [-0.39, 0.29) is 26.0 Å². The molecule has 0 aromatic heterocycles. The molecule has 0 atom stereocenters. The summed E-state index contributed by atoms with van der Waals surface area (Å²) < 4.78 is 63.9. The molecule has 0 unspecified atom stereocenters. The van der Waals surface area contributed by atoms with E-state index < -0.39 is 9.84 Å². The third-order valence-corrected chi connectivity index (χ3v) is 17.0. The van der Waals surface area contributed by atoms with Gasteiger partial charge in [-0.2, -0.15) is 0 Å². The molecule has 0 aliphatic rings. The number of sulfone groups is 1. The average molecular weight is 1320 g/mol. The number of methoxy groups -OCH3 is 8. The van der Waals surface area contributed by atoms with Crippen molar-refractivity contribution < 1.29 is 46.3 Å². The van der Waals surface area contributed by atoms with Gasteiger partial charge in [0.25, 0.3) is 0 Å². The molecule has 0 aliphatic carbocycles. The topological polar surface area (TPSA) is 108 Å². The minimum Gasteiger partial charge on any atom is -0.497 e. The van der Waals surface area contributed by atoms with E-state index in [1.165, 1.54) is 94.1 Å². The lowest BCUT2D eigenvalue weighted by Gasteiger charge is -2.26. The highest BCUT2D eigenvalue weighted by Crippen LogP contribution is 2.35. The predicted molar refractivity (Wildman–Crippen MR) is 401 cm³/mol. The van der Waals surface area contributed by atoms with Crippen LogP contribution in [0.2, 0.25) is 0 Å². The Bertz CT molecular complexity index is 3590. The van der Waals surface area contributed by atoms with Crippen LogP contribution >= 0.6 is 0 Å². The molecule has 0 aliphatic heterocycles. The summed E-state index contributed by atoms with van der Waals surface area (Å²) in [6.45, 7) is 24.6. The second kappa shape index (κ2) is 41.6. The van der Waals surface area contributed by atoms with Gasteiger partial charge in [-0.3, -0.25) is 0 Å². The van der Waals surface area contributed by atoms with Crippen LogP contribution in [-0.2, 0) is 35.6 Å². The molecule has 96 heavy (non-hydrogen) atoms. The Labute approximate surface area is 577 Å². The molecule has 0 heterocycles. The highest BCUT2D eigenvalue weighted by molar-refractivity contribution is 7.91. The van der Waals surface area contributed by atoms with Gasteiger partial charge in [0, 0.05) is 33.9 Å². The molecule has 0 bridgehead atoms. The summed E-state index contributed by atoms with van der Waals surface area (Å²) in [7, 11) is 12.8. The summed E-state index contributed by atoms with van der Waals surface area (Å²) in [4.78, 5) is 0.469. The maximum absolute atomic E-state index is 12.4. The van der Waals surface area contributed by atoms with Gasteiger partial charge in [-0.15, -0.1) is 0 Å². The molecule has 0 amide bonds. The number of hydrogen-bond acceptors (Lipinski definition) is 10. The SMILES string of the molecule is CC(C)(C)c1ccc(C(C)(C)C)cc1.COC.COC.COc1ccc(-c2ccc(OC)cc2)cc1.COc1ccc(C(C)(C)c2ccc(OC)cc2)cc1.COc1ccc(S(=O)(=O)c2ccc(OC)cc2)cc1.Cc1ccccc1-c1ccccc1C(C)C.c1ccccc1. The number of ether oxygens (including phenoxy) is 8. The second-order valence-corrected chi connectivity index (χ2v) is 26.9. The fourth-order valence-electron chi connectivity index (χ4n) is 9.37. The van der Waals surface area contributed by atoms with Crippen LogP contribution in [0.25, 0.3) is 22.3 Å². The van der Waals surface area contributed by atoms with E-state index in [1.54, 1.807) is 81.1 Å². The zero-order chi connectivity index (χ0) is 71.3. The van der Waals surface area contributed by atoms with E-state index in [4.69, 9.17) is 28.4 Å². The minimum atomic E-state index is -3.50. The predicted octanol–water partition coefficient (Wildman–Crippen LogP) is 21.2. The normalized spacial score (nSPS) is 10.6. The van der Waals surface area contributed by atoms with Crippen molar-refractivity contribution in [3.05, 3.63) is 288 Å². The van der Waals surface area contributed by atoms with Gasteiger partial charge >= 0.3 is 0 Å². The Balaban J connectivity index is 0.000000300. The molecular weight excluding hydrogens is 1210 g/mol. The van der Waals surface area contributed by atoms with E-state index in [2.05, 4.69) is 183 Å². The number of rotatable bonds is 13. The molecular formula is C85H106O10S. The van der Waals surface area contributed by atoms with Crippen LogP contribution in [0.15, 0.2) is 265 Å². The van der Waals surface area contributed by atoms with Crippen LogP contribution in [0.3, 0.4) is 0 Å². The van der Waals surface area contributed by atoms with Crippen LogP contribution in [0.1, 0.15) is 109 Å². The molecule has 10 aromatic carbocycles. The highest BCUT2D eigenvalue weighted by Gasteiger charge is 2.23. The van der Waals surface area contributed by atoms with Gasteiger partial charge in [0.15, 0.2) is 0 Å². The molecule has 512 valence electrons. The quantitative estimate of drug-likeness (QED) is 0.111. The first kappa shape index (κ1) is 81.1. The second-order valence-electron chi connectivity index (χ2n) is 25.0. The first-order chi connectivity index (χ1) is 45.7. The van der Waals surface area contributed by atoms with Crippen molar-refractivity contribution in [2.75, 3.05) is 71.1 Å². The van der Waals surface area contributed by atoms with E-state index in [9.17, 15) is 8.42 Å². The Morgan fingerprint density at radius 1 is 0.292 bits per heavy atom. The summed E-state index contributed by atoms with van der Waals surface area (Å²) in [6, 6.07) is 83.3. The summed E-state index contributed by atoms with van der Waals surface area (Å²) in [5.74, 6) is 5.32. The number of aryl methyl sites for hydroxylation is 1. The molecule has 10 aromatic rings.